The Hall–Kier alpha value is -1.16. The highest BCUT2D eigenvalue weighted by atomic mass is 32.2. The summed E-state index contributed by atoms with van der Waals surface area (Å²) in [5, 5.41) is 0. The lowest BCUT2D eigenvalue weighted by Crippen LogP contribution is -2.31. The van der Waals surface area contributed by atoms with Crippen molar-refractivity contribution in [3.05, 3.63) is 29.3 Å². The minimum absolute atomic E-state index is 0.268. The number of aryl methyl sites for hydroxylation is 2. The summed E-state index contributed by atoms with van der Waals surface area (Å²) in [6, 6.07) is 5.86. The summed E-state index contributed by atoms with van der Waals surface area (Å²) >= 11 is 0. The Morgan fingerprint density at radius 2 is 1.94 bits per heavy atom. The van der Waals surface area contributed by atoms with Crippen LogP contribution in [0.3, 0.4) is 0 Å². The van der Waals surface area contributed by atoms with Crippen LogP contribution in [0.25, 0.3) is 0 Å². The van der Waals surface area contributed by atoms with Crippen molar-refractivity contribution in [1.29, 1.82) is 0 Å². The summed E-state index contributed by atoms with van der Waals surface area (Å²) in [5.41, 5.74) is 1.31. The van der Waals surface area contributed by atoms with Gasteiger partial charge in [-0.1, -0.05) is 12.1 Å². The van der Waals surface area contributed by atoms with Gasteiger partial charge in [0.05, 0.1) is 23.3 Å². The monoisotopic (exact) mass is 268 g/mol. The largest absolute Gasteiger partial charge is 0.469 e. The van der Waals surface area contributed by atoms with Crippen LogP contribution in [0.15, 0.2) is 23.1 Å². The van der Waals surface area contributed by atoms with Gasteiger partial charge in [0, 0.05) is 10.6 Å². The highest BCUT2D eigenvalue weighted by Crippen LogP contribution is 2.24. The molecule has 0 saturated carbocycles. The van der Waals surface area contributed by atoms with Crippen molar-refractivity contribution in [1.82, 2.24) is 0 Å². The highest BCUT2D eigenvalue weighted by molar-refractivity contribution is 7.85. The van der Waals surface area contributed by atoms with E-state index < -0.39 is 16.2 Å². The van der Waals surface area contributed by atoms with Crippen LogP contribution in [-0.2, 0) is 20.3 Å². The second-order valence-corrected chi connectivity index (χ2v) is 6.55. The third-order valence-corrected chi connectivity index (χ3v) is 4.73. The summed E-state index contributed by atoms with van der Waals surface area (Å²) in [6.45, 7) is 7.40. The van der Waals surface area contributed by atoms with Crippen LogP contribution in [0.5, 0.6) is 0 Å². The maximum Gasteiger partial charge on any atom is 0.312 e. The number of methoxy groups -OCH3 is 1. The van der Waals surface area contributed by atoms with Crippen LogP contribution in [-0.4, -0.2) is 23.0 Å². The summed E-state index contributed by atoms with van der Waals surface area (Å²) in [7, 11) is 0.154. The van der Waals surface area contributed by atoms with Crippen LogP contribution in [0.2, 0.25) is 0 Å². The summed E-state index contributed by atoms with van der Waals surface area (Å²) in [6.07, 6.45) is 0. The molecule has 1 atom stereocenters. The van der Waals surface area contributed by atoms with Crippen molar-refractivity contribution in [2.24, 2.45) is 5.41 Å². The normalized spacial score (nSPS) is 13.2. The van der Waals surface area contributed by atoms with E-state index in [1.165, 1.54) is 7.11 Å². The Morgan fingerprint density at radius 3 is 2.50 bits per heavy atom. The Morgan fingerprint density at radius 1 is 1.33 bits per heavy atom. The molecule has 4 heteroatoms. The van der Waals surface area contributed by atoms with Crippen molar-refractivity contribution in [3.8, 4) is 0 Å². The maximum absolute atomic E-state index is 12.4. The van der Waals surface area contributed by atoms with E-state index in [0.717, 1.165) is 16.0 Å². The molecule has 0 amide bonds. The molecule has 3 nitrogen and oxygen atoms in total. The van der Waals surface area contributed by atoms with Crippen molar-refractivity contribution in [2.75, 3.05) is 12.9 Å². The number of carbonyl (C=O) groups is 1. The van der Waals surface area contributed by atoms with Gasteiger partial charge < -0.3 is 4.74 Å². The quantitative estimate of drug-likeness (QED) is 0.788. The molecule has 100 valence electrons. The van der Waals surface area contributed by atoms with Crippen molar-refractivity contribution >= 4 is 16.8 Å². The van der Waals surface area contributed by atoms with Crippen LogP contribution in [0, 0.1) is 19.3 Å². The smallest absolute Gasteiger partial charge is 0.312 e. The number of rotatable bonds is 4. The predicted molar refractivity (Wildman–Crippen MR) is 73.0 cm³/mol. The zero-order valence-electron chi connectivity index (χ0n) is 11.6. The zero-order chi connectivity index (χ0) is 13.9. The predicted octanol–water partition coefficient (Wildman–Crippen LogP) is 2.61. The van der Waals surface area contributed by atoms with Gasteiger partial charge in [-0.25, -0.2) is 0 Å². The number of carbonyl (C=O) groups excluding carboxylic acids is 1. The molecule has 0 spiro atoms. The zero-order valence-corrected chi connectivity index (χ0v) is 12.4. The van der Waals surface area contributed by atoms with Gasteiger partial charge in [0.1, 0.15) is 0 Å². The molecule has 0 N–H and O–H groups in total. The fourth-order valence-corrected chi connectivity index (χ4v) is 3.37. The Bertz CT molecular complexity index is 478. The van der Waals surface area contributed by atoms with Crippen LogP contribution >= 0.6 is 0 Å². The van der Waals surface area contributed by atoms with Crippen molar-refractivity contribution in [2.45, 2.75) is 32.6 Å². The first kappa shape index (κ1) is 14.9. The van der Waals surface area contributed by atoms with Gasteiger partial charge >= 0.3 is 5.97 Å². The SMILES string of the molecule is COC(=O)C(C)(C)CS(=O)c1cc(C)ccc1C. The summed E-state index contributed by atoms with van der Waals surface area (Å²) in [4.78, 5) is 12.4. The van der Waals surface area contributed by atoms with Crippen molar-refractivity contribution < 1.29 is 13.7 Å². The van der Waals surface area contributed by atoms with E-state index in [9.17, 15) is 9.00 Å². The standard InChI is InChI=1S/C14H20O3S/c1-10-6-7-11(2)12(8-10)18(16)9-14(3,4)13(15)17-5/h6-8H,9H2,1-5H3. The molecule has 1 aromatic carbocycles. The van der Waals surface area contributed by atoms with Crippen LogP contribution in [0.1, 0.15) is 25.0 Å². The molecule has 1 aromatic rings. The maximum atomic E-state index is 12.4. The number of benzene rings is 1. The van der Waals surface area contributed by atoms with Gasteiger partial charge in [0.25, 0.3) is 0 Å². The third-order valence-electron chi connectivity index (χ3n) is 2.82. The first-order chi connectivity index (χ1) is 8.27. The summed E-state index contributed by atoms with van der Waals surface area (Å²) < 4.78 is 17.1. The van der Waals surface area contributed by atoms with Crippen molar-refractivity contribution in [3.63, 3.8) is 0 Å². The Balaban J connectivity index is 2.95. The fourth-order valence-electron chi connectivity index (χ4n) is 1.69. The molecule has 0 bridgehead atoms. The minimum atomic E-state index is -1.20. The molecule has 18 heavy (non-hydrogen) atoms. The minimum Gasteiger partial charge on any atom is -0.469 e. The van der Waals surface area contributed by atoms with Crippen LogP contribution < -0.4 is 0 Å². The van der Waals surface area contributed by atoms with E-state index in [4.69, 9.17) is 4.74 Å². The molecule has 0 aliphatic heterocycles. The van der Waals surface area contributed by atoms with E-state index >= 15 is 0 Å². The van der Waals surface area contributed by atoms with Gasteiger partial charge in [0.15, 0.2) is 0 Å². The molecule has 0 saturated heterocycles. The Kier molecular flexibility index (Phi) is 4.68. The molecule has 1 unspecified atom stereocenters. The third kappa shape index (κ3) is 3.42. The molecule has 0 radical (unpaired) electrons. The number of ether oxygens (including phenoxy) is 1. The first-order valence-corrected chi connectivity index (χ1v) is 7.14. The van der Waals surface area contributed by atoms with Gasteiger partial charge in [0.2, 0.25) is 0 Å². The van der Waals surface area contributed by atoms with Gasteiger partial charge in [-0.2, -0.15) is 0 Å². The topological polar surface area (TPSA) is 43.4 Å². The van der Waals surface area contributed by atoms with E-state index in [1.807, 2.05) is 32.0 Å². The van der Waals surface area contributed by atoms with E-state index in [-0.39, 0.29) is 11.7 Å². The van der Waals surface area contributed by atoms with Gasteiger partial charge in [-0.15, -0.1) is 0 Å². The average Bonchev–Trinajstić information content (AvgIpc) is 2.30. The molecule has 0 aliphatic carbocycles. The Labute approximate surface area is 111 Å². The van der Waals surface area contributed by atoms with Gasteiger partial charge in [-0.05, 0) is 44.9 Å². The lowest BCUT2D eigenvalue weighted by atomic mass is 9.97. The molecular weight excluding hydrogens is 248 g/mol. The average molecular weight is 268 g/mol. The van der Waals surface area contributed by atoms with E-state index in [0.29, 0.717) is 0 Å². The second kappa shape index (κ2) is 5.65. The molecule has 0 fully saturated rings. The first-order valence-electron chi connectivity index (χ1n) is 5.82. The van der Waals surface area contributed by atoms with E-state index in [2.05, 4.69) is 0 Å². The molecule has 0 aromatic heterocycles. The number of esters is 1. The second-order valence-electron chi connectivity index (χ2n) is 5.13. The number of hydrogen-bond donors (Lipinski definition) is 0. The molecule has 0 heterocycles. The lowest BCUT2D eigenvalue weighted by molar-refractivity contribution is -0.149. The molecular formula is C14H20O3S. The van der Waals surface area contributed by atoms with Gasteiger partial charge in [-0.3, -0.25) is 9.00 Å². The lowest BCUT2D eigenvalue weighted by Gasteiger charge is -2.21. The molecule has 0 aliphatic rings. The summed E-state index contributed by atoms with van der Waals surface area (Å²) in [5.74, 6) is -0.0644. The number of hydrogen-bond acceptors (Lipinski definition) is 3. The highest BCUT2D eigenvalue weighted by Gasteiger charge is 2.31. The molecule has 1 rings (SSSR count). The van der Waals surface area contributed by atoms with E-state index in [1.54, 1.807) is 13.8 Å². The van der Waals surface area contributed by atoms with Crippen LogP contribution in [0.4, 0.5) is 0 Å². The fraction of sp³-hybridized carbons (Fsp3) is 0.500.